The van der Waals surface area contributed by atoms with E-state index in [1.54, 1.807) is 0 Å². The lowest BCUT2D eigenvalue weighted by Gasteiger charge is -2.34. The van der Waals surface area contributed by atoms with Crippen LogP contribution >= 0.6 is 0 Å². The van der Waals surface area contributed by atoms with Gasteiger partial charge in [-0.25, -0.2) is 0 Å². The number of nitrogens with two attached hydrogens (primary N) is 1. The summed E-state index contributed by atoms with van der Waals surface area (Å²) >= 11 is 0. The fourth-order valence-corrected chi connectivity index (χ4v) is 2.63. The fraction of sp³-hybridized carbons (Fsp3) is 0.846. The second-order valence-corrected chi connectivity index (χ2v) is 5.63. The molecule has 20 heavy (non-hydrogen) atoms. The van der Waals surface area contributed by atoms with Crippen molar-refractivity contribution in [1.82, 2.24) is 10.1 Å². The molecule has 114 valence electrons. The maximum absolute atomic E-state index is 12.1. The van der Waals surface area contributed by atoms with Crippen LogP contribution in [0.3, 0.4) is 0 Å². The molecular weight excluding hydrogens is 271 g/mol. The molecule has 0 radical (unpaired) electrons. The second-order valence-electron chi connectivity index (χ2n) is 5.63. The van der Waals surface area contributed by atoms with Gasteiger partial charge in [0.05, 0.1) is 12.0 Å². The topological polar surface area (TPSA) is 64.9 Å². The van der Waals surface area contributed by atoms with E-state index in [0.717, 1.165) is 32.1 Å². The van der Waals surface area contributed by atoms with E-state index in [1.807, 2.05) is 0 Å². The van der Waals surface area contributed by atoms with Crippen molar-refractivity contribution < 1.29 is 17.7 Å². The number of aryl methyl sites for hydroxylation is 1. The van der Waals surface area contributed by atoms with Crippen molar-refractivity contribution >= 4 is 0 Å². The van der Waals surface area contributed by atoms with Crippen molar-refractivity contribution in [2.45, 2.75) is 63.6 Å². The van der Waals surface area contributed by atoms with Gasteiger partial charge in [-0.15, -0.1) is 0 Å². The summed E-state index contributed by atoms with van der Waals surface area (Å²) in [5, 5.41) is 3.78. The van der Waals surface area contributed by atoms with Crippen molar-refractivity contribution in [3.05, 3.63) is 11.7 Å². The maximum Gasteiger partial charge on any atom is 0.389 e. The third kappa shape index (κ3) is 3.71. The molecule has 0 saturated heterocycles. The van der Waals surface area contributed by atoms with Crippen molar-refractivity contribution in [2.75, 3.05) is 0 Å². The first-order valence-corrected chi connectivity index (χ1v) is 7.01. The molecule has 4 nitrogen and oxygen atoms in total. The summed E-state index contributed by atoms with van der Waals surface area (Å²) in [5.74, 6) is 1.03. The first-order valence-electron chi connectivity index (χ1n) is 7.01. The minimum Gasteiger partial charge on any atom is -0.339 e. The minimum absolute atomic E-state index is 0.0137. The van der Waals surface area contributed by atoms with Crippen LogP contribution in [0.5, 0.6) is 0 Å². The maximum atomic E-state index is 12.1. The quantitative estimate of drug-likeness (QED) is 0.924. The highest BCUT2D eigenvalue weighted by molar-refractivity contribution is 5.06. The fourth-order valence-electron chi connectivity index (χ4n) is 2.63. The van der Waals surface area contributed by atoms with E-state index >= 15 is 0 Å². The first-order chi connectivity index (χ1) is 9.32. The number of aromatic nitrogens is 2. The predicted molar refractivity (Wildman–Crippen MR) is 66.8 cm³/mol. The number of nitrogens with zero attached hydrogens (tertiary/aromatic N) is 2. The van der Waals surface area contributed by atoms with Gasteiger partial charge in [0.25, 0.3) is 0 Å². The summed E-state index contributed by atoms with van der Waals surface area (Å²) in [6, 6.07) is 0. The van der Waals surface area contributed by atoms with E-state index in [-0.39, 0.29) is 12.3 Å². The van der Waals surface area contributed by atoms with Crippen molar-refractivity contribution in [1.29, 1.82) is 0 Å². The van der Waals surface area contributed by atoms with Crippen LogP contribution in [0.4, 0.5) is 13.2 Å². The lowest BCUT2D eigenvalue weighted by atomic mass is 9.76. The predicted octanol–water partition coefficient (Wildman–Crippen LogP) is 3.32. The summed E-state index contributed by atoms with van der Waals surface area (Å²) in [6.45, 7) is 2.15. The highest BCUT2D eigenvalue weighted by atomic mass is 19.4. The molecule has 0 amide bonds. The zero-order valence-electron chi connectivity index (χ0n) is 11.5. The van der Waals surface area contributed by atoms with Crippen molar-refractivity contribution in [3.63, 3.8) is 0 Å². The van der Waals surface area contributed by atoms with Gasteiger partial charge in [0.15, 0.2) is 5.82 Å². The van der Waals surface area contributed by atoms with Gasteiger partial charge in [0, 0.05) is 6.42 Å². The molecule has 1 fully saturated rings. The van der Waals surface area contributed by atoms with E-state index in [2.05, 4.69) is 17.1 Å². The SMILES string of the molecule is CCC1CCC(N)(c2noc(CCC(F)(F)F)n2)CC1. The van der Waals surface area contributed by atoms with Crippen LogP contribution in [0.15, 0.2) is 4.52 Å². The van der Waals surface area contributed by atoms with Gasteiger partial charge in [0.2, 0.25) is 5.89 Å². The number of hydrogen-bond acceptors (Lipinski definition) is 4. The van der Waals surface area contributed by atoms with E-state index in [4.69, 9.17) is 10.3 Å². The van der Waals surface area contributed by atoms with Gasteiger partial charge in [-0.1, -0.05) is 18.5 Å². The normalized spacial score (nSPS) is 27.8. The Kier molecular flexibility index (Phi) is 4.36. The molecule has 1 saturated carbocycles. The van der Waals surface area contributed by atoms with Crippen LogP contribution in [0.1, 0.15) is 57.2 Å². The Hall–Kier alpha value is -1.11. The molecule has 1 aromatic heterocycles. The summed E-state index contributed by atoms with van der Waals surface area (Å²) in [7, 11) is 0. The molecule has 1 heterocycles. The monoisotopic (exact) mass is 291 g/mol. The lowest BCUT2D eigenvalue weighted by Crippen LogP contribution is -2.41. The van der Waals surface area contributed by atoms with E-state index in [0.29, 0.717) is 11.7 Å². The Labute approximate surface area is 115 Å². The summed E-state index contributed by atoms with van der Waals surface area (Å²) in [4.78, 5) is 4.06. The molecule has 0 unspecified atom stereocenters. The molecular formula is C13H20F3N3O. The van der Waals surface area contributed by atoms with Gasteiger partial charge in [-0.3, -0.25) is 0 Å². The van der Waals surface area contributed by atoms with E-state index < -0.39 is 18.1 Å². The summed E-state index contributed by atoms with van der Waals surface area (Å²) in [6.07, 6.45) is -0.825. The minimum atomic E-state index is -4.21. The molecule has 2 N–H and O–H groups in total. The van der Waals surface area contributed by atoms with Crippen LogP contribution < -0.4 is 5.73 Å². The Balaban J connectivity index is 1.98. The molecule has 0 aromatic carbocycles. The van der Waals surface area contributed by atoms with Crippen LogP contribution in [0.2, 0.25) is 0 Å². The Morgan fingerprint density at radius 3 is 2.55 bits per heavy atom. The van der Waals surface area contributed by atoms with Gasteiger partial charge in [-0.2, -0.15) is 18.2 Å². The van der Waals surface area contributed by atoms with E-state index in [1.165, 1.54) is 0 Å². The average molecular weight is 291 g/mol. The second kappa shape index (κ2) is 5.71. The lowest BCUT2D eigenvalue weighted by molar-refractivity contribution is -0.134. The van der Waals surface area contributed by atoms with Gasteiger partial charge in [0.1, 0.15) is 0 Å². The third-order valence-electron chi connectivity index (χ3n) is 4.11. The highest BCUT2D eigenvalue weighted by Gasteiger charge is 2.37. The number of rotatable bonds is 4. The Morgan fingerprint density at radius 2 is 2.00 bits per heavy atom. The Morgan fingerprint density at radius 1 is 1.35 bits per heavy atom. The summed E-state index contributed by atoms with van der Waals surface area (Å²) in [5.41, 5.74) is 5.64. The average Bonchev–Trinajstić information content (AvgIpc) is 2.86. The van der Waals surface area contributed by atoms with E-state index in [9.17, 15) is 13.2 Å². The van der Waals surface area contributed by atoms with Gasteiger partial charge < -0.3 is 10.3 Å². The zero-order chi connectivity index (χ0) is 14.8. The van der Waals surface area contributed by atoms with Gasteiger partial charge in [-0.05, 0) is 31.6 Å². The standard InChI is InChI=1S/C13H20F3N3O/c1-2-9-3-6-12(17,7-4-9)11-18-10(20-19-11)5-8-13(14,15)16/h9H,2-8,17H2,1H3. The van der Waals surface area contributed by atoms with Crippen LogP contribution in [0.25, 0.3) is 0 Å². The molecule has 0 bridgehead atoms. The van der Waals surface area contributed by atoms with Gasteiger partial charge >= 0.3 is 6.18 Å². The summed E-state index contributed by atoms with van der Waals surface area (Å²) < 4.78 is 41.3. The molecule has 1 aromatic rings. The molecule has 2 rings (SSSR count). The van der Waals surface area contributed by atoms with Crippen LogP contribution in [-0.4, -0.2) is 16.3 Å². The zero-order valence-corrected chi connectivity index (χ0v) is 11.5. The smallest absolute Gasteiger partial charge is 0.339 e. The molecule has 0 spiro atoms. The van der Waals surface area contributed by atoms with Crippen molar-refractivity contribution in [2.24, 2.45) is 11.7 Å². The molecule has 0 atom stereocenters. The highest BCUT2D eigenvalue weighted by Crippen LogP contribution is 2.37. The van der Waals surface area contributed by atoms with Crippen LogP contribution in [-0.2, 0) is 12.0 Å². The largest absolute Gasteiger partial charge is 0.389 e. The van der Waals surface area contributed by atoms with Crippen LogP contribution in [0, 0.1) is 5.92 Å². The Bertz CT molecular complexity index is 436. The third-order valence-corrected chi connectivity index (χ3v) is 4.11. The molecule has 1 aliphatic carbocycles. The number of hydrogen-bond donors (Lipinski definition) is 1. The number of halogens is 3. The van der Waals surface area contributed by atoms with Crippen molar-refractivity contribution in [3.8, 4) is 0 Å². The molecule has 7 heteroatoms. The molecule has 0 aliphatic heterocycles. The number of alkyl halides is 3. The first kappa shape index (κ1) is 15.3. The molecule has 1 aliphatic rings.